The van der Waals surface area contributed by atoms with E-state index in [1.165, 1.54) is 31.4 Å². The second-order valence-corrected chi connectivity index (χ2v) is 6.86. The van der Waals surface area contributed by atoms with Crippen molar-refractivity contribution in [3.05, 3.63) is 47.0 Å². The number of nitro benzene ring substituents is 1. The van der Waals surface area contributed by atoms with Gasteiger partial charge in [-0.15, -0.1) is 6.58 Å². The van der Waals surface area contributed by atoms with Gasteiger partial charge in [-0.2, -0.15) is 0 Å². The Morgan fingerprint density at radius 3 is 2.36 bits per heavy atom. The first-order chi connectivity index (χ1) is 12.1. The van der Waals surface area contributed by atoms with Crippen LogP contribution >= 0.6 is 0 Å². The van der Waals surface area contributed by atoms with Crippen LogP contribution in [0.4, 0.5) is 16.2 Å². The third kappa shape index (κ3) is 3.67. The zero-order chi connectivity index (χ0) is 17.8. The van der Waals surface area contributed by atoms with Crippen LogP contribution in [0.1, 0.15) is 44.9 Å². The van der Waals surface area contributed by atoms with Crippen molar-refractivity contribution < 1.29 is 9.72 Å². The van der Waals surface area contributed by atoms with E-state index in [1.54, 1.807) is 17.0 Å². The summed E-state index contributed by atoms with van der Waals surface area (Å²) < 4.78 is 0. The topological polar surface area (TPSA) is 66.7 Å². The van der Waals surface area contributed by atoms with E-state index in [0.717, 1.165) is 32.2 Å². The molecule has 1 atom stereocenters. The van der Waals surface area contributed by atoms with Crippen molar-refractivity contribution in [2.45, 2.75) is 57.0 Å². The van der Waals surface area contributed by atoms with Crippen LogP contribution in [-0.2, 0) is 0 Å². The Balaban J connectivity index is 1.89. The van der Waals surface area contributed by atoms with Gasteiger partial charge in [-0.1, -0.05) is 25.3 Å². The van der Waals surface area contributed by atoms with Gasteiger partial charge in [0.25, 0.3) is 5.69 Å². The smallest absolute Gasteiger partial charge is 0.321 e. The Morgan fingerprint density at radius 2 is 1.76 bits per heavy atom. The van der Waals surface area contributed by atoms with Crippen molar-refractivity contribution in [2.75, 3.05) is 11.4 Å². The number of non-ortho nitro benzene ring substituents is 1. The standard InChI is InChI=1S/C19H25N3O3/c1-2-15-9-6-14-20(16-7-4-3-5-8-16)19(23)21(15)17-10-12-18(13-11-17)22(24)25/h2,10-13,15-16H,1,3-9,14H2. The predicted octanol–water partition coefficient (Wildman–Crippen LogP) is 4.50. The lowest BCUT2D eigenvalue weighted by Crippen LogP contribution is -2.50. The third-order valence-electron chi connectivity index (χ3n) is 5.31. The fraction of sp³-hybridized carbons (Fsp3) is 0.526. The molecule has 2 fully saturated rings. The average molecular weight is 343 g/mol. The number of benzene rings is 1. The van der Waals surface area contributed by atoms with Crippen LogP contribution < -0.4 is 4.90 Å². The number of nitrogens with zero attached hydrogens (tertiary/aromatic N) is 3. The molecule has 1 heterocycles. The van der Waals surface area contributed by atoms with Gasteiger partial charge in [0, 0.05) is 30.4 Å². The van der Waals surface area contributed by atoms with Crippen LogP contribution in [0.2, 0.25) is 0 Å². The first-order valence-corrected chi connectivity index (χ1v) is 9.08. The molecule has 0 bridgehead atoms. The minimum absolute atomic E-state index is 0.00292. The Hall–Kier alpha value is -2.37. The van der Waals surface area contributed by atoms with Gasteiger partial charge in [-0.3, -0.25) is 15.0 Å². The summed E-state index contributed by atoms with van der Waals surface area (Å²) in [5.74, 6) is 0. The molecule has 1 unspecified atom stereocenters. The lowest BCUT2D eigenvalue weighted by atomic mass is 9.94. The molecule has 1 aromatic carbocycles. The van der Waals surface area contributed by atoms with Crippen LogP contribution in [0.3, 0.4) is 0 Å². The van der Waals surface area contributed by atoms with Gasteiger partial charge in [-0.25, -0.2) is 4.79 Å². The number of carbonyl (C=O) groups is 1. The van der Waals surface area contributed by atoms with Crippen molar-refractivity contribution >= 4 is 17.4 Å². The summed E-state index contributed by atoms with van der Waals surface area (Å²) in [5, 5.41) is 10.9. The molecule has 6 heteroatoms. The van der Waals surface area contributed by atoms with E-state index in [1.807, 2.05) is 11.0 Å². The fourth-order valence-corrected chi connectivity index (χ4v) is 3.97. The van der Waals surface area contributed by atoms with E-state index in [9.17, 15) is 14.9 Å². The van der Waals surface area contributed by atoms with Crippen LogP contribution in [0.25, 0.3) is 0 Å². The molecule has 3 rings (SSSR count). The number of urea groups is 1. The molecule has 0 radical (unpaired) electrons. The van der Waals surface area contributed by atoms with Crippen molar-refractivity contribution in [1.29, 1.82) is 0 Å². The van der Waals surface area contributed by atoms with Gasteiger partial charge < -0.3 is 4.90 Å². The molecule has 0 spiro atoms. The first kappa shape index (κ1) is 17.5. The van der Waals surface area contributed by atoms with Crippen LogP contribution in [0.5, 0.6) is 0 Å². The number of rotatable bonds is 4. The Kier molecular flexibility index (Phi) is 5.36. The van der Waals surface area contributed by atoms with Gasteiger partial charge in [0.2, 0.25) is 0 Å². The Labute approximate surface area is 148 Å². The molecular formula is C19H25N3O3. The number of hydrogen-bond acceptors (Lipinski definition) is 3. The third-order valence-corrected chi connectivity index (χ3v) is 5.31. The maximum atomic E-state index is 13.3. The van der Waals surface area contributed by atoms with Crippen LogP contribution in [0.15, 0.2) is 36.9 Å². The summed E-state index contributed by atoms with van der Waals surface area (Å²) in [7, 11) is 0. The highest BCUT2D eigenvalue weighted by Gasteiger charge is 2.34. The maximum Gasteiger partial charge on any atom is 0.325 e. The van der Waals surface area contributed by atoms with Crippen LogP contribution in [-0.4, -0.2) is 34.5 Å². The molecule has 1 saturated heterocycles. The second-order valence-electron chi connectivity index (χ2n) is 6.86. The van der Waals surface area contributed by atoms with Gasteiger partial charge >= 0.3 is 6.03 Å². The van der Waals surface area contributed by atoms with E-state index in [0.29, 0.717) is 11.7 Å². The summed E-state index contributed by atoms with van der Waals surface area (Å²) in [6, 6.07) is 6.47. The number of amides is 2. The van der Waals surface area contributed by atoms with Crippen molar-refractivity contribution in [3.8, 4) is 0 Å². The van der Waals surface area contributed by atoms with Gasteiger partial charge in [0.05, 0.1) is 11.0 Å². The molecule has 1 aliphatic carbocycles. The highest BCUT2D eigenvalue weighted by molar-refractivity contribution is 5.93. The van der Waals surface area contributed by atoms with E-state index in [2.05, 4.69) is 6.58 Å². The average Bonchev–Trinajstić information content (AvgIpc) is 2.81. The quantitative estimate of drug-likeness (QED) is 0.459. The van der Waals surface area contributed by atoms with Gasteiger partial charge in [0.1, 0.15) is 0 Å². The molecule has 25 heavy (non-hydrogen) atoms. The number of anilines is 1. The van der Waals surface area contributed by atoms with Gasteiger partial charge in [-0.05, 0) is 37.8 Å². The second kappa shape index (κ2) is 7.68. The molecule has 0 aromatic heterocycles. The number of nitro groups is 1. The largest absolute Gasteiger partial charge is 0.325 e. The summed E-state index contributed by atoms with van der Waals surface area (Å²) in [4.78, 5) is 27.5. The van der Waals surface area contributed by atoms with Crippen LogP contribution in [0, 0.1) is 10.1 Å². The van der Waals surface area contributed by atoms with E-state index >= 15 is 0 Å². The zero-order valence-electron chi connectivity index (χ0n) is 14.5. The van der Waals surface area contributed by atoms with E-state index in [-0.39, 0.29) is 17.8 Å². The Bertz CT molecular complexity index is 638. The van der Waals surface area contributed by atoms with E-state index in [4.69, 9.17) is 0 Å². The molecule has 6 nitrogen and oxygen atoms in total. The molecule has 2 aliphatic rings. The molecule has 1 aliphatic heterocycles. The maximum absolute atomic E-state index is 13.3. The molecule has 1 saturated carbocycles. The predicted molar refractivity (Wildman–Crippen MR) is 97.8 cm³/mol. The normalized spacial score (nSPS) is 22.6. The molecule has 0 N–H and O–H groups in total. The molecule has 2 amide bonds. The first-order valence-electron chi connectivity index (χ1n) is 9.08. The lowest BCUT2D eigenvalue weighted by molar-refractivity contribution is -0.384. The summed E-state index contributed by atoms with van der Waals surface area (Å²) in [6.45, 7) is 4.67. The zero-order valence-corrected chi connectivity index (χ0v) is 14.5. The minimum Gasteiger partial charge on any atom is -0.321 e. The molecule has 1 aromatic rings. The molecular weight excluding hydrogens is 318 g/mol. The van der Waals surface area contributed by atoms with Crippen molar-refractivity contribution in [3.63, 3.8) is 0 Å². The van der Waals surface area contributed by atoms with E-state index < -0.39 is 4.92 Å². The number of carbonyl (C=O) groups excluding carboxylic acids is 1. The highest BCUT2D eigenvalue weighted by Crippen LogP contribution is 2.31. The minimum atomic E-state index is -0.423. The SMILES string of the molecule is C=CC1CCCN(C2CCCCC2)C(=O)N1c1ccc([N+](=O)[O-])cc1. The summed E-state index contributed by atoms with van der Waals surface area (Å²) >= 11 is 0. The molecule has 134 valence electrons. The summed E-state index contributed by atoms with van der Waals surface area (Å²) in [5.41, 5.74) is 0.730. The van der Waals surface area contributed by atoms with Crippen molar-refractivity contribution in [1.82, 2.24) is 4.90 Å². The highest BCUT2D eigenvalue weighted by atomic mass is 16.6. The fourth-order valence-electron chi connectivity index (χ4n) is 3.97. The Morgan fingerprint density at radius 1 is 1.08 bits per heavy atom. The van der Waals surface area contributed by atoms with Gasteiger partial charge in [0.15, 0.2) is 0 Å². The monoisotopic (exact) mass is 343 g/mol. The lowest BCUT2D eigenvalue weighted by Gasteiger charge is -2.37. The number of hydrogen-bond donors (Lipinski definition) is 0. The summed E-state index contributed by atoms with van der Waals surface area (Å²) in [6.07, 6.45) is 9.35. The van der Waals surface area contributed by atoms with Crippen molar-refractivity contribution in [2.24, 2.45) is 0 Å².